The van der Waals surface area contributed by atoms with Crippen LogP contribution in [0.15, 0.2) is 42.7 Å². The van der Waals surface area contributed by atoms with E-state index in [1.165, 1.54) is 0 Å². The number of thiazole rings is 1. The smallest absolute Gasteiger partial charge is 0.194 e. The van der Waals surface area contributed by atoms with Crippen molar-refractivity contribution in [2.24, 2.45) is 0 Å². The number of aromatic nitrogens is 2. The lowest BCUT2D eigenvalue weighted by atomic mass is 10.3. The molecule has 4 heteroatoms. The zero-order valence-electron chi connectivity index (χ0n) is 7.92. The van der Waals surface area contributed by atoms with Crippen LogP contribution >= 0.6 is 11.3 Å². The van der Waals surface area contributed by atoms with Crippen LogP contribution in [0.2, 0.25) is 0 Å². The van der Waals surface area contributed by atoms with Gasteiger partial charge in [0.05, 0.1) is 10.2 Å². The number of benzene rings is 1. The molecule has 0 saturated carbocycles. The summed E-state index contributed by atoms with van der Waals surface area (Å²) in [5.41, 5.74) is 7.50. The van der Waals surface area contributed by atoms with Crippen molar-refractivity contribution in [2.75, 3.05) is 5.73 Å². The van der Waals surface area contributed by atoms with Gasteiger partial charge in [-0.15, -0.1) is 0 Å². The van der Waals surface area contributed by atoms with Gasteiger partial charge < -0.3 is 10.3 Å². The molecule has 15 heavy (non-hydrogen) atoms. The third-order valence-electron chi connectivity index (χ3n) is 2.23. The maximum atomic E-state index is 5.72. The van der Waals surface area contributed by atoms with E-state index in [0.29, 0.717) is 0 Å². The van der Waals surface area contributed by atoms with Crippen LogP contribution in [0.3, 0.4) is 0 Å². The molecule has 0 atom stereocenters. The molecule has 3 rings (SSSR count). The van der Waals surface area contributed by atoms with Gasteiger partial charge in [-0.1, -0.05) is 11.3 Å². The molecule has 3 nitrogen and oxygen atoms in total. The van der Waals surface area contributed by atoms with Crippen LogP contribution in [0.4, 0.5) is 5.69 Å². The standard InChI is InChI=1S/C11H9N3S/c12-8-3-4-9-10(7-8)15-11(13-9)14-5-1-2-6-14/h1-7H,12H2. The molecule has 0 bridgehead atoms. The molecule has 0 aliphatic heterocycles. The van der Waals surface area contributed by atoms with Crippen molar-refractivity contribution in [1.29, 1.82) is 0 Å². The Labute approximate surface area is 90.8 Å². The number of fused-ring (bicyclic) bond motifs is 1. The zero-order chi connectivity index (χ0) is 10.3. The molecule has 0 aliphatic rings. The number of hydrogen-bond acceptors (Lipinski definition) is 3. The molecule has 74 valence electrons. The Morgan fingerprint density at radius 1 is 1.20 bits per heavy atom. The van der Waals surface area contributed by atoms with E-state index >= 15 is 0 Å². The molecule has 0 saturated heterocycles. The van der Waals surface area contributed by atoms with Crippen LogP contribution in [0, 0.1) is 0 Å². The summed E-state index contributed by atoms with van der Waals surface area (Å²) >= 11 is 1.64. The van der Waals surface area contributed by atoms with Gasteiger partial charge in [0, 0.05) is 18.1 Å². The quantitative estimate of drug-likeness (QED) is 0.634. The van der Waals surface area contributed by atoms with E-state index in [0.717, 1.165) is 21.0 Å². The first-order valence-corrected chi connectivity index (χ1v) is 5.44. The largest absolute Gasteiger partial charge is 0.399 e. The molecule has 2 N–H and O–H groups in total. The molecule has 3 aromatic rings. The normalized spacial score (nSPS) is 10.9. The third-order valence-corrected chi connectivity index (χ3v) is 3.26. The minimum atomic E-state index is 0.783. The number of nitrogens with two attached hydrogens (primary N) is 1. The van der Waals surface area contributed by atoms with Gasteiger partial charge in [0.15, 0.2) is 5.13 Å². The molecule has 0 radical (unpaired) electrons. The summed E-state index contributed by atoms with van der Waals surface area (Å²) in [5.74, 6) is 0. The highest BCUT2D eigenvalue weighted by Gasteiger charge is 2.04. The highest BCUT2D eigenvalue weighted by molar-refractivity contribution is 7.20. The number of nitrogen functional groups attached to an aromatic ring is 1. The van der Waals surface area contributed by atoms with Gasteiger partial charge >= 0.3 is 0 Å². The van der Waals surface area contributed by atoms with E-state index < -0.39 is 0 Å². The maximum absolute atomic E-state index is 5.72. The average Bonchev–Trinajstić information content (AvgIpc) is 2.84. The zero-order valence-corrected chi connectivity index (χ0v) is 8.74. The summed E-state index contributed by atoms with van der Waals surface area (Å²) in [5, 5.41) is 0.973. The van der Waals surface area contributed by atoms with Crippen molar-refractivity contribution < 1.29 is 0 Å². The Bertz CT molecular complexity index is 595. The molecule has 0 unspecified atom stereocenters. The van der Waals surface area contributed by atoms with Crippen LogP contribution in [-0.2, 0) is 0 Å². The topological polar surface area (TPSA) is 43.8 Å². The minimum Gasteiger partial charge on any atom is -0.399 e. The summed E-state index contributed by atoms with van der Waals surface area (Å²) in [7, 11) is 0. The van der Waals surface area contributed by atoms with Crippen molar-refractivity contribution in [3.8, 4) is 5.13 Å². The summed E-state index contributed by atoms with van der Waals surface area (Å²) in [6, 6.07) is 9.76. The van der Waals surface area contributed by atoms with E-state index in [1.807, 2.05) is 47.3 Å². The summed E-state index contributed by atoms with van der Waals surface area (Å²) < 4.78 is 3.12. The Balaban J connectivity index is 2.22. The molecule has 0 spiro atoms. The Morgan fingerprint density at radius 2 is 2.00 bits per heavy atom. The minimum absolute atomic E-state index is 0.783. The van der Waals surface area contributed by atoms with Gasteiger partial charge in [-0.2, -0.15) is 0 Å². The van der Waals surface area contributed by atoms with Crippen LogP contribution in [0.25, 0.3) is 15.3 Å². The van der Waals surface area contributed by atoms with Crippen LogP contribution in [0.5, 0.6) is 0 Å². The predicted molar refractivity (Wildman–Crippen MR) is 63.4 cm³/mol. The second-order valence-electron chi connectivity index (χ2n) is 3.31. The molecule has 2 heterocycles. The first kappa shape index (κ1) is 8.49. The second-order valence-corrected chi connectivity index (χ2v) is 4.32. The highest BCUT2D eigenvalue weighted by Crippen LogP contribution is 2.26. The molecular formula is C11H9N3S. The second kappa shape index (κ2) is 3.10. The Hall–Kier alpha value is -1.81. The van der Waals surface area contributed by atoms with E-state index in [2.05, 4.69) is 4.98 Å². The van der Waals surface area contributed by atoms with E-state index in [1.54, 1.807) is 11.3 Å². The monoisotopic (exact) mass is 215 g/mol. The molecular weight excluding hydrogens is 206 g/mol. The van der Waals surface area contributed by atoms with Gasteiger partial charge in [0.25, 0.3) is 0 Å². The number of anilines is 1. The Kier molecular flexibility index (Phi) is 1.76. The lowest BCUT2D eigenvalue weighted by Gasteiger charge is -1.92. The van der Waals surface area contributed by atoms with Gasteiger partial charge in [-0.05, 0) is 30.3 Å². The van der Waals surface area contributed by atoms with Gasteiger partial charge in [0.1, 0.15) is 0 Å². The van der Waals surface area contributed by atoms with Crippen molar-refractivity contribution in [3.63, 3.8) is 0 Å². The van der Waals surface area contributed by atoms with Crippen molar-refractivity contribution in [3.05, 3.63) is 42.7 Å². The number of nitrogens with zero attached hydrogens (tertiary/aromatic N) is 2. The third kappa shape index (κ3) is 1.39. The highest BCUT2D eigenvalue weighted by atomic mass is 32.1. The summed E-state index contributed by atoms with van der Waals surface area (Å²) in [6.45, 7) is 0. The van der Waals surface area contributed by atoms with Gasteiger partial charge in [-0.25, -0.2) is 4.98 Å². The molecule has 0 amide bonds. The van der Waals surface area contributed by atoms with Crippen LogP contribution < -0.4 is 5.73 Å². The van der Waals surface area contributed by atoms with Crippen molar-refractivity contribution in [1.82, 2.24) is 9.55 Å². The van der Waals surface area contributed by atoms with Crippen molar-refractivity contribution in [2.45, 2.75) is 0 Å². The fraction of sp³-hybridized carbons (Fsp3) is 0. The fourth-order valence-corrected chi connectivity index (χ4v) is 2.48. The Morgan fingerprint density at radius 3 is 2.80 bits per heavy atom. The van der Waals surface area contributed by atoms with Gasteiger partial charge in [0.2, 0.25) is 0 Å². The summed E-state index contributed by atoms with van der Waals surface area (Å²) in [6.07, 6.45) is 3.97. The summed E-state index contributed by atoms with van der Waals surface area (Å²) in [4.78, 5) is 4.52. The molecule has 2 aromatic heterocycles. The lowest BCUT2D eigenvalue weighted by Crippen LogP contribution is -1.86. The number of rotatable bonds is 1. The number of hydrogen-bond donors (Lipinski definition) is 1. The molecule has 1 aromatic carbocycles. The van der Waals surface area contributed by atoms with Crippen molar-refractivity contribution >= 4 is 27.2 Å². The van der Waals surface area contributed by atoms with Gasteiger partial charge in [-0.3, -0.25) is 0 Å². The first-order valence-electron chi connectivity index (χ1n) is 4.62. The van der Waals surface area contributed by atoms with E-state index in [4.69, 9.17) is 5.73 Å². The predicted octanol–water partition coefficient (Wildman–Crippen LogP) is 2.67. The maximum Gasteiger partial charge on any atom is 0.194 e. The van der Waals surface area contributed by atoms with E-state index in [-0.39, 0.29) is 0 Å². The molecule has 0 aliphatic carbocycles. The average molecular weight is 215 g/mol. The van der Waals surface area contributed by atoms with Crippen LogP contribution in [0.1, 0.15) is 0 Å². The fourth-order valence-electron chi connectivity index (χ4n) is 1.50. The first-order chi connectivity index (χ1) is 7.33. The molecule has 0 fully saturated rings. The van der Waals surface area contributed by atoms with E-state index in [9.17, 15) is 0 Å². The van der Waals surface area contributed by atoms with Crippen LogP contribution in [-0.4, -0.2) is 9.55 Å². The SMILES string of the molecule is Nc1ccc2nc(-n3cccc3)sc2c1. The lowest BCUT2D eigenvalue weighted by molar-refractivity contribution is 1.06.